The van der Waals surface area contributed by atoms with Crippen molar-refractivity contribution in [1.29, 1.82) is 0 Å². The van der Waals surface area contributed by atoms with Gasteiger partial charge in [0.05, 0.1) is 18.0 Å². The Balaban J connectivity index is 1.52. The molecule has 34 heavy (non-hydrogen) atoms. The Bertz CT molecular complexity index is 1420. The Morgan fingerprint density at radius 2 is 1.79 bits per heavy atom. The Kier molecular flexibility index (Phi) is 5.90. The van der Waals surface area contributed by atoms with E-state index in [1.807, 2.05) is 36.4 Å². The third-order valence-electron chi connectivity index (χ3n) is 5.64. The van der Waals surface area contributed by atoms with Gasteiger partial charge in [0.1, 0.15) is 5.70 Å². The van der Waals surface area contributed by atoms with E-state index < -0.39 is 12.1 Å². The molecular formula is C26H22N4O3S. The lowest BCUT2D eigenvalue weighted by Crippen LogP contribution is -2.50. The van der Waals surface area contributed by atoms with Crippen molar-refractivity contribution < 1.29 is 14.3 Å². The highest BCUT2D eigenvalue weighted by Gasteiger charge is 2.34. The number of hydrogen-bond donors (Lipinski definition) is 1. The summed E-state index contributed by atoms with van der Waals surface area (Å²) in [6, 6.07) is 22.8. The molecule has 3 aromatic carbocycles. The number of thioether (sulfide) groups is 1. The van der Waals surface area contributed by atoms with Crippen molar-refractivity contribution in [1.82, 2.24) is 10.3 Å². The zero-order chi connectivity index (χ0) is 23.7. The summed E-state index contributed by atoms with van der Waals surface area (Å²) in [5.41, 5.74) is 4.05. The van der Waals surface area contributed by atoms with Crippen LogP contribution < -0.4 is 15.9 Å². The number of rotatable bonds is 4. The van der Waals surface area contributed by atoms with Crippen LogP contribution in [0.15, 0.2) is 82.9 Å². The summed E-state index contributed by atoms with van der Waals surface area (Å²) in [7, 11) is 1.35. The molecule has 0 fully saturated rings. The predicted molar refractivity (Wildman–Crippen MR) is 131 cm³/mol. The molecule has 2 heterocycles. The smallest absolute Gasteiger partial charge is 0.337 e. The summed E-state index contributed by atoms with van der Waals surface area (Å²) in [5, 5.41) is 11.3. The van der Waals surface area contributed by atoms with E-state index in [1.165, 1.54) is 24.4 Å². The van der Waals surface area contributed by atoms with Crippen LogP contribution in [0.3, 0.4) is 0 Å². The lowest BCUT2D eigenvalue weighted by molar-refractivity contribution is -0.116. The fourth-order valence-electron chi connectivity index (χ4n) is 3.85. The Labute approximate surface area is 200 Å². The number of amides is 1. The summed E-state index contributed by atoms with van der Waals surface area (Å²) in [6.07, 6.45) is -0.544. The molecule has 0 bridgehead atoms. The largest absolute Gasteiger partial charge is 0.465 e. The van der Waals surface area contributed by atoms with E-state index in [-0.39, 0.29) is 5.91 Å². The van der Waals surface area contributed by atoms with Crippen molar-refractivity contribution in [2.75, 3.05) is 7.11 Å². The summed E-state index contributed by atoms with van der Waals surface area (Å²) < 4.78 is 4.80. The van der Waals surface area contributed by atoms with Crippen molar-refractivity contribution in [3.63, 3.8) is 0 Å². The molecular weight excluding hydrogens is 448 g/mol. The van der Waals surface area contributed by atoms with Gasteiger partial charge in [0.25, 0.3) is 5.91 Å². The average molecular weight is 471 g/mol. The van der Waals surface area contributed by atoms with Gasteiger partial charge in [-0.2, -0.15) is 0 Å². The molecule has 0 aliphatic carbocycles. The first kappa shape index (κ1) is 21.9. The zero-order valence-corrected chi connectivity index (χ0v) is 19.5. The third kappa shape index (κ3) is 4.20. The van der Waals surface area contributed by atoms with Gasteiger partial charge in [-0.05, 0) is 36.2 Å². The summed E-state index contributed by atoms with van der Waals surface area (Å²) in [4.78, 5) is 30.0. The molecule has 7 nitrogen and oxygen atoms in total. The van der Waals surface area contributed by atoms with Crippen LogP contribution in [0.25, 0.3) is 5.70 Å². The monoisotopic (exact) mass is 470 g/mol. The number of esters is 1. The number of nitrogens with zero attached hydrogens (tertiary/aromatic N) is 3. The van der Waals surface area contributed by atoms with Crippen molar-refractivity contribution in [2.24, 2.45) is 10.1 Å². The highest BCUT2D eigenvalue weighted by atomic mass is 32.2. The average Bonchev–Trinajstić information content (AvgIpc) is 2.87. The summed E-state index contributed by atoms with van der Waals surface area (Å²) in [5.74, 6) is 0.0456. The molecule has 0 unspecified atom stereocenters. The Morgan fingerprint density at radius 1 is 1.06 bits per heavy atom. The minimum atomic E-state index is -0.544. The third-order valence-corrected chi connectivity index (χ3v) is 6.58. The maximum absolute atomic E-state index is 13.2. The summed E-state index contributed by atoms with van der Waals surface area (Å²) in [6.45, 7) is 2.05. The van der Waals surface area contributed by atoms with Gasteiger partial charge in [-0.1, -0.05) is 71.9 Å². The van der Waals surface area contributed by atoms with Crippen LogP contribution >= 0.6 is 11.8 Å². The second kappa shape index (κ2) is 9.15. The number of carbonyl (C=O) groups is 2. The molecule has 5 rings (SSSR count). The van der Waals surface area contributed by atoms with Crippen LogP contribution in [-0.2, 0) is 15.3 Å². The van der Waals surface area contributed by atoms with E-state index in [9.17, 15) is 9.59 Å². The lowest BCUT2D eigenvalue weighted by atomic mass is 10.1. The molecule has 1 amide bonds. The van der Waals surface area contributed by atoms with Crippen LogP contribution in [0.2, 0.25) is 0 Å². The quantitative estimate of drug-likeness (QED) is 0.593. The molecule has 1 atom stereocenters. The first-order valence-corrected chi connectivity index (χ1v) is 11.7. The molecule has 0 radical (unpaired) electrons. The number of hydrogen-bond acceptors (Lipinski definition) is 7. The first-order chi connectivity index (χ1) is 16.5. The molecule has 2 aliphatic rings. The Hall–Kier alpha value is -3.91. The standard InChI is InChI=1S/C26H22N4O3S/c1-16-7-9-17(10-8-16)15-34-26-28-24(31)22-20-5-3-4-6-21(20)27-23(30(22)29-26)18-11-13-19(14-12-18)25(32)33-2/h3-14,23H,15H2,1-2H3,(H,28,29,31)/t23-/m1/s1. The molecule has 3 aromatic rings. The fourth-order valence-corrected chi connectivity index (χ4v) is 4.66. The lowest BCUT2D eigenvalue weighted by Gasteiger charge is -2.34. The van der Waals surface area contributed by atoms with E-state index in [2.05, 4.69) is 36.5 Å². The number of amidine groups is 1. The second-order valence-electron chi connectivity index (χ2n) is 7.96. The van der Waals surface area contributed by atoms with Gasteiger partial charge in [0, 0.05) is 11.0 Å². The van der Waals surface area contributed by atoms with Crippen molar-refractivity contribution in [3.05, 3.63) is 106 Å². The zero-order valence-electron chi connectivity index (χ0n) is 18.7. The molecule has 8 heteroatoms. The van der Waals surface area contributed by atoms with Gasteiger partial charge in [-0.3, -0.25) is 15.1 Å². The SMILES string of the molecule is COC(=O)c1ccc([C@@H]2N=c3ccccc3=C3C(=O)NC(SCc4ccc(C)cc4)=NN32)cc1. The minimum Gasteiger partial charge on any atom is -0.465 e. The van der Waals surface area contributed by atoms with E-state index in [0.29, 0.717) is 22.2 Å². The van der Waals surface area contributed by atoms with Crippen molar-refractivity contribution in [2.45, 2.75) is 18.8 Å². The minimum absolute atomic E-state index is 0.222. The van der Waals surface area contributed by atoms with Crippen LogP contribution in [0.5, 0.6) is 0 Å². The van der Waals surface area contributed by atoms with Gasteiger partial charge in [0.15, 0.2) is 11.3 Å². The van der Waals surface area contributed by atoms with Gasteiger partial charge < -0.3 is 4.74 Å². The maximum Gasteiger partial charge on any atom is 0.337 e. The first-order valence-electron chi connectivity index (χ1n) is 10.8. The number of fused-ring (bicyclic) bond motifs is 2. The topological polar surface area (TPSA) is 83.4 Å². The van der Waals surface area contributed by atoms with Crippen molar-refractivity contribution in [3.8, 4) is 0 Å². The maximum atomic E-state index is 13.2. The molecule has 0 saturated carbocycles. The summed E-state index contributed by atoms with van der Waals surface area (Å²) >= 11 is 1.46. The number of hydrazone groups is 1. The molecule has 0 aromatic heterocycles. The molecule has 0 spiro atoms. The van der Waals surface area contributed by atoms with Crippen LogP contribution in [0.4, 0.5) is 0 Å². The van der Waals surface area contributed by atoms with Crippen molar-refractivity contribution >= 4 is 34.5 Å². The van der Waals surface area contributed by atoms with E-state index in [4.69, 9.17) is 14.8 Å². The number of para-hydroxylation sites is 1. The number of benzene rings is 3. The van der Waals surface area contributed by atoms with Crippen LogP contribution in [0, 0.1) is 6.92 Å². The van der Waals surface area contributed by atoms with Crippen LogP contribution in [-0.4, -0.2) is 29.2 Å². The number of methoxy groups -OCH3 is 1. The van der Waals surface area contributed by atoms with E-state index in [1.54, 1.807) is 17.1 Å². The molecule has 0 saturated heterocycles. The number of aryl methyl sites for hydroxylation is 1. The number of ether oxygens (including phenoxy) is 1. The molecule has 2 aliphatic heterocycles. The number of carbonyl (C=O) groups excluding carboxylic acids is 2. The van der Waals surface area contributed by atoms with E-state index >= 15 is 0 Å². The molecule has 1 N–H and O–H groups in total. The van der Waals surface area contributed by atoms with E-state index in [0.717, 1.165) is 21.7 Å². The highest BCUT2D eigenvalue weighted by molar-refractivity contribution is 8.13. The number of nitrogens with one attached hydrogen (secondary N) is 1. The predicted octanol–water partition coefficient (Wildman–Crippen LogP) is 2.86. The normalized spacial score (nSPS) is 16.6. The second-order valence-corrected chi connectivity index (χ2v) is 8.92. The van der Waals surface area contributed by atoms with Gasteiger partial charge >= 0.3 is 5.97 Å². The fraction of sp³-hybridized carbons (Fsp3) is 0.154. The Morgan fingerprint density at radius 3 is 2.53 bits per heavy atom. The van der Waals surface area contributed by atoms with Crippen LogP contribution in [0.1, 0.15) is 33.2 Å². The van der Waals surface area contributed by atoms with Gasteiger partial charge in [-0.15, -0.1) is 5.10 Å². The van der Waals surface area contributed by atoms with Gasteiger partial charge in [0.2, 0.25) is 0 Å². The highest BCUT2D eigenvalue weighted by Crippen LogP contribution is 2.31. The molecule has 170 valence electrons. The van der Waals surface area contributed by atoms with Gasteiger partial charge in [-0.25, -0.2) is 9.80 Å².